The second-order valence-electron chi connectivity index (χ2n) is 19.1. The van der Waals surface area contributed by atoms with E-state index >= 15 is 0 Å². The molecule has 0 amide bonds. The molecule has 0 unspecified atom stereocenters. The topological polar surface area (TPSA) is 63.5 Å². The van der Waals surface area contributed by atoms with Gasteiger partial charge >= 0.3 is 0 Å². The van der Waals surface area contributed by atoms with Gasteiger partial charge in [0.05, 0.1) is 16.9 Å². The lowest BCUT2D eigenvalue weighted by molar-refractivity contribution is 0.668. The van der Waals surface area contributed by atoms with Crippen LogP contribution in [0.15, 0.2) is 242 Å². The minimum Gasteiger partial charge on any atom is -0.456 e. The molecule has 17 rings (SSSR count). The molecule has 11 aromatic carbocycles. The van der Waals surface area contributed by atoms with E-state index in [0.717, 1.165) is 160 Å². The van der Waals surface area contributed by atoms with Gasteiger partial charge in [-0.1, -0.05) is 127 Å². The maximum atomic E-state index is 7.16. The zero-order valence-corrected chi connectivity index (χ0v) is 38.8. The zero-order valence-electron chi connectivity index (χ0n) is 38.8. The highest BCUT2D eigenvalue weighted by molar-refractivity contribution is 6.36. The Bertz CT molecular complexity index is 4800. The van der Waals surface area contributed by atoms with Gasteiger partial charge in [0.15, 0.2) is 11.2 Å². The molecule has 340 valence electrons. The molecule has 6 heterocycles. The average molecular weight is 936 g/mol. The molecule has 7 nitrogen and oxygen atoms in total. The molecule has 0 aliphatic heterocycles. The maximum absolute atomic E-state index is 7.16. The molecular formula is C66H37N3O4. The number of hydrogen-bond acceptors (Lipinski definition) is 6. The van der Waals surface area contributed by atoms with Gasteiger partial charge in [0.25, 0.3) is 0 Å². The third-order valence-corrected chi connectivity index (χ3v) is 15.2. The summed E-state index contributed by atoms with van der Waals surface area (Å²) in [5.74, 6) is 0. The Labute approximate surface area is 414 Å². The van der Waals surface area contributed by atoms with Crippen LogP contribution >= 0.6 is 0 Å². The number of furan rings is 4. The van der Waals surface area contributed by atoms with Crippen LogP contribution < -0.4 is 9.80 Å². The van der Waals surface area contributed by atoms with Crippen molar-refractivity contribution >= 4 is 160 Å². The number of rotatable bonds is 6. The SMILES string of the molecule is c1ccc(N(c2ccc3c(c2)oc2ccccc23)c2cc3c4ccccc4oc3c3c2c2cccc4c5c(N(c6ccccc6)c6ccc7c(c6)oc6ccccc67)cc6c7ccccc7oc6c5n3c24)cc1. The van der Waals surface area contributed by atoms with Crippen molar-refractivity contribution in [3.63, 3.8) is 0 Å². The lowest BCUT2D eigenvalue weighted by Gasteiger charge is -2.27. The quantitative estimate of drug-likeness (QED) is 0.166. The summed E-state index contributed by atoms with van der Waals surface area (Å²) in [6.45, 7) is 0. The van der Waals surface area contributed by atoms with E-state index in [9.17, 15) is 0 Å². The largest absolute Gasteiger partial charge is 0.456 e. The molecule has 0 saturated carbocycles. The fourth-order valence-electron chi connectivity index (χ4n) is 12.2. The van der Waals surface area contributed by atoms with E-state index in [4.69, 9.17) is 17.7 Å². The molecule has 6 aromatic heterocycles. The molecule has 0 spiro atoms. The monoisotopic (exact) mass is 935 g/mol. The van der Waals surface area contributed by atoms with E-state index in [1.165, 1.54) is 0 Å². The zero-order chi connectivity index (χ0) is 47.5. The number of nitrogens with zero attached hydrogens (tertiary/aromatic N) is 3. The highest BCUT2D eigenvalue weighted by Crippen LogP contribution is 2.55. The first-order chi connectivity index (χ1) is 36.2. The van der Waals surface area contributed by atoms with E-state index in [-0.39, 0.29) is 0 Å². The van der Waals surface area contributed by atoms with Gasteiger partial charge in [0, 0.05) is 99.5 Å². The summed E-state index contributed by atoms with van der Waals surface area (Å²) >= 11 is 0. The van der Waals surface area contributed by atoms with E-state index < -0.39 is 0 Å². The average Bonchev–Trinajstić information content (AvgIpc) is 4.31. The Morgan fingerprint density at radius 3 is 1.04 bits per heavy atom. The summed E-state index contributed by atoms with van der Waals surface area (Å²) in [5.41, 5.74) is 15.7. The highest BCUT2D eigenvalue weighted by Gasteiger charge is 2.32. The first-order valence-electron chi connectivity index (χ1n) is 24.7. The van der Waals surface area contributed by atoms with Crippen LogP contribution in [-0.2, 0) is 0 Å². The summed E-state index contributed by atoms with van der Waals surface area (Å²) in [6.07, 6.45) is 0. The Hall–Kier alpha value is -9.98. The van der Waals surface area contributed by atoms with Crippen molar-refractivity contribution in [3.8, 4) is 0 Å². The van der Waals surface area contributed by atoms with Gasteiger partial charge in [-0.15, -0.1) is 0 Å². The predicted molar refractivity (Wildman–Crippen MR) is 300 cm³/mol. The van der Waals surface area contributed by atoms with Crippen molar-refractivity contribution in [2.24, 2.45) is 0 Å². The molecule has 0 N–H and O–H groups in total. The molecule has 73 heavy (non-hydrogen) atoms. The number of hydrogen-bond donors (Lipinski definition) is 0. The summed E-state index contributed by atoms with van der Waals surface area (Å²) < 4.78 is 29.9. The van der Waals surface area contributed by atoms with Gasteiger partial charge in [-0.2, -0.15) is 0 Å². The van der Waals surface area contributed by atoms with Crippen molar-refractivity contribution in [2.45, 2.75) is 0 Å². The summed E-state index contributed by atoms with van der Waals surface area (Å²) in [5, 5.41) is 12.8. The van der Waals surface area contributed by atoms with Crippen LogP contribution in [0.5, 0.6) is 0 Å². The molecule has 7 heteroatoms. The minimum atomic E-state index is 0.806. The summed E-state index contributed by atoms with van der Waals surface area (Å²) in [4.78, 5) is 4.77. The molecule has 0 saturated heterocycles. The summed E-state index contributed by atoms with van der Waals surface area (Å²) in [7, 11) is 0. The van der Waals surface area contributed by atoms with Crippen LogP contribution in [0, 0.1) is 0 Å². The first-order valence-corrected chi connectivity index (χ1v) is 24.7. The van der Waals surface area contributed by atoms with Gasteiger partial charge in [-0.05, 0) is 84.9 Å². The van der Waals surface area contributed by atoms with E-state index in [1.54, 1.807) is 0 Å². The van der Waals surface area contributed by atoms with Crippen molar-refractivity contribution in [1.82, 2.24) is 4.40 Å². The standard InChI is InChI=1S/C66H37N3O4/c1-3-16-38(17-4-1)67(40-30-32-46-42-20-7-11-26-54(42)70-58(46)34-40)52-36-50-44-22-9-13-28-56(44)72-65(50)63-60(52)48-24-15-25-49-61-53(37-51-45-23-10-14-29-57(45)73-66(51)64(61)69(63)62(48)49)68(39-18-5-2-6-19-39)41-31-33-47-43-21-8-12-27-55(43)71-59(47)35-41/h1-37H. The Balaban J connectivity index is 1.05. The van der Waals surface area contributed by atoms with Crippen LogP contribution in [-0.4, -0.2) is 4.40 Å². The van der Waals surface area contributed by atoms with Crippen LogP contribution in [0.4, 0.5) is 34.1 Å². The van der Waals surface area contributed by atoms with Gasteiger partial charge in [0.1, 0.15) is 44.5 Å². The summed E-state index contributed by atoms with van der Waals surface area (Å²) in [6, 6.07) is 79.2. The van der Waals surface area contributed by atoms with E-state index in [0.29, 0.717) is 0 Å². The van der Waals surface area contributed by atoms with Crippen LogP contribution in [0.2, 0.25) is 0 Å². The van der Waals surface area contributed by atoms with Crippen LogP contribution in [0.25, 0.3) is 126 Å². The fourth-order valence-corrected chi connectivity index (χ4v) is 12.2. The van der Waals surface area contributed by atoms with Crippen molar-refractivity contribution in [1.29, 1.82) is 0 Å². The number of anilines is 6. The van der Waals surface area contributed by atoms with Crippen molar-refractivity contribution in [3.05, 3.63) is 224 Å². The first kappa shape index (κ1) is 38.8. The van der Waals surface area contributed by atoms with Gasteiger partial charge < -0.3 is 31.9 Å². The third kappa shape index (κ3) is 5.26. The lowest BCUT2D eigenvalue weighted by Crippen LogP contribution is -2.10. The fraction of sp³-hybridized carbons (Fsp3) is 0. The number of benzene rings is 11. The van der Waals surface area contributed by atoms with Crippen LogP contribution in [0.3, 0.4) is 0 Å². The van der Waals surface area contributed by atoms with Crippen LogP contribution in [0.1, 0.15) is 0 Å². The van der Waals surface area contributed by atoms with E-state index in [1.807, 2.05) is 36.4 Å². The Kier molecular flexibility index (Phi) is 7.61. The molecule has 17 aromatic rings. The predicted octanol–water partition coefficient (Wildman–Crippen LogP) is 19.4. The second-order valence-corrected chi connectivity index (χ2v) is 19.1. The lowest BCUT2D eigenvalue weighted by atomic mass is 10.0. The third-order valence-electron chi connectivity index (χ3n) is 15.2. The smallest absolute Gasteiger partial charge is 0.160 e. The number of fused-ring (bicyclic) bond motifs is 20. The number of para-hydroxylation sites is 7. The maximum Gasteiger partial charge on any atom is 0.160 e. The molecule has 0 aliphatic carbocycles. The molecule has 0 bridgehead atoms. The van der Waals surface area contributed by atoms with Gasteiger partial charge in [-0.25, -0.2) is 0 Å². The van der Waals surface area contributed by atoms with Gasteiger partial charge in [0.2, 0.25) is 0 Å². The molecular weight excluding hydrogens is 899 g/mol. The van der Waals surface area contributed by atoms with E-state index in [2.05, 4.69) is 202 Å². The van der Waals surface area contributed by atoms with Crippen molar-refractivity contribution < 1.29 is 17.7 Å². The molecule has 0 atom stereocenters. The molecule has 0 radical (unpaired) electrons. The Morgan fingerprint density at radius 2 is 0.603 bits per heavy atom. The second kappa shape index (κ2) is 14.3. The number of aromatic nitrogens is 1. The van der Waals surface area contributed by atoms with Gasteiger partial charge in [-0.3, -0.25) is 0 Å². The minimum absolute atomic E-state index is 0.806. The Morgan fingerprint density at radius 1 is 0.247 bits per heavy atom. The highest BCUT2D eigenvalue weighted by atomic mass is 16.3. The molecule has 0 aliphatic rings. The normalized spacial score (nSPS) is 12.4. The van der Waals surface area contributed by atoms with Crippen molar-refractivity contribution in [2.75, 3.05) is 9.80 Å². The molecule has 0 fully saturated rings.